The molecule has 8 heteroatoms. The molecule has 0 aliphatic rings. The van der Waals surface area contributed by atoms with Gasteiger partial charge in [0.1, 0.15) is 5.69 Å². The van der Waals surface area contributed by atoms with Gasteiger partial charge in [0.15, 0.2) is 0 Å². The highest BCUT2D eigenvalue weighted by Gasteiger charge is 2.21. The molecule has 0 radical (unpaired) electrons. The summed E-state index contributed by atoms with van der Waals surface area (Å²) in [5.41, 5.74) is 1.23. The molecule has 114 valence electrons. The number of aliphatic hydroxyl groups excluding tert-OH is 1. The van der Waals surface area contributed by atoms with Crippen molar-refractivity contribution in [1.82, 2.24) is 4.98 Å². The Morgan fingerprint density at radius 3 is 2.86 bits per heavy atom. The second-order valence-corrected chi connectivity index (χ2v) is 7.03. The molecule has 2 rings (SSSR count). The fourth-order valence-electron chi connectivity index (χ4n) is 2.12. The molecule has 0 spiro atoms. The van der Waals surface area contributed by atoms with Crippen LogP contribution in [0, 0.1) is 17.0 Å². The minimum Gasteiger partial charge on any atom is -0.395 e. The fourth-order valence-corrected chi connectivity index (χ4v) is 3.59. The lowest BCUT2D eigenvalue weighted by molar-refractivity contribution is -0.383. The van der Waals surface area contributed by atoms with Gasteiger partial charge in [0.05, 0.1) is 26.8 Å². The largest absolute Gasteiger partial charge is 0.395 e. The van der Waals surface area contributed by atoms with Crippen molar-refractivity contribution in [1.29, 1.82) is 0 Å². The third kappa shape index (κ3) is 3.45. The first-order valence-corrected chi connectivity index (χ1v) is 8.52. The Morgan fingerprint density at radius 2 is 2.29 bits per heavy atom. The number of benzene rings is 1. The molecule has 2 unspecified atom stereocenters. The highest BCUT2D eigenvalue weighted by molar-refractivity contribution is 7.99. The highest BCUT2D eigenvalue weighted by Crippen LogP contribution is 2.33. The number of aromatic nitrogens is 1. The van der Waals surface area contributed by atoms with Crippen molar-refractivity contribution in [2.24, 2.45) is 0 Å². The maximum atomic E-state index is 11.3. The molecule has 0 aliphatic heterocycles. The standard InChI is InChI=1S/C13H17N3O3S2/c1-7(13(6-17)20-3)14-9-4-10-12(21-8(2)15-10)5-11(9)16(18)19/h4-5,7,13-14,17H,6H2,1-3H3. The van der Waals surface area contributed by atoms with Crippen LogP contribution in [0.4, 0.5) is 11.4 Å². The third-order valence-electron chi connectivity index (χ3n) is 3.23. The number of thioether (sulfide) groups is 1. The molecule has 0 saturated carbocycles. The van der Waals surface area contributed by atoms with Crippen molar-refractivity contribution in [3.05, 3.63) is 27.3 Å². The number of aryl methyl sites for hydroxylation is 1. The predicted molar refractivity (Wildman–Crippen MR) is 88.5 cm³/mol. The number of hydrogen-bond donors (Lipinski definition) is 2. The number of nitro groups is 1. The lowest BCUT2D eigenvalue weighted by Crippen LogP contribution is -2.31. The van der Waals surface area contributed by atoms with Gasteiger partial charge in [-0.15, -0.1) is 11.3 Å². The molecule has 1 aromatic heterocycles. The van der Waals surface area contributed by atoms with Gasteiger partial charge in [-0.05, 0) is 26.2 Å². The van der Waals surface area contributed by atoms with Gasteiger partial charge < -0.3 is 10.4 Å². The third-order valence-corrected chi connectivity index (χ3v) is 5.33. The van der Waals surface area contributed by atoms with Gasteiger partial charge in [0.25, 0.3) is 5.69 Å². The van der Waals surface area contributed by atoms with Gasteiger partial charge in [-0.25, -0.2) is 4.98 Å². The first-order chi connectivity index (χ1) is 9.96. The molecular formula is C13H17N3O3S2. The average molecular weight is 327 g/mol. The van der Waals surface area contributed by atoms with Gasteiger partial charge in [0, 0.05) is 17.4 Å². The van der Waals surface area contributed by atoms with Gasteiger partial charge in [0.2, 0.25) is 0 Å². The van der Waals surface area contributed by atoms with E-state index in [4.69, 9.17) is 0 Å². The number of thiazole rings is 1. The topological polar surface area (TPSA) is 88.3 Å². The molecule has 0 amide bonds. The van der Waals surface area contributed by atoms with Crippen LogP contribution in [0.15, 0.2) is 12.1 Å². The Labute approximate surface area is 130 Å². The highest BCUT2D eigenvalue weighted by atomic mass is 32.2. The number of hydrogen-bond acceptors (Lipinski definition) is 7. The summed E-state index contributed by atoms with van der Waals surface area (Å²) in [6.07, 6.45) is 1.90. The summed E-state index contributed by atoms with van der Waals surface area (Å²) >= 11 is 2.96. The van der Waals surface area contributed by atoms with E-state index in [-0.39, 0.29) is 23.6 Å². The fraction of sp³-hybridized carbons (Fsp3) is 0.462. The molecule has 0 aliphatic carbocycles. The number of rotatable bonds is 6. The van der Waals surface area contributed by atoms with Gasteiger partial charge >= 0.3 is 0 Å². The first kappa shape index (κ1) is 16.0. The second kappa shape index (κ2) is 6.59. The molecule has 1 heterocycles. The summed E-state index contributed by atoms with van der Waals surface area (Å²) in [7, 11) is 0. The second-order valence-electron chi connectivity index (χ2n) is 4.72. The van der Waals surface area contributed by atoms with Crippen LogP contribution in [0.2, 0.25) is 0 Å². The van der Waals surface area contributed by atoms with Crippen LogP contribution in [-0.2, 0) is 0 Å². The maximum Gasteiger partial charge on any atom is 0.293 e. The van der Waals surface area contributed by atoms with E-state index in [1.165, 1.54) is 23.1 Å². The van der Waals surface area contributed by atoms with Crippen molar-refractivity contribution in [2.75, 3.05) is 18.2 Å². The van der Waals surface area contributed by atoms with Crippen LogP contribution < -0.4 is 5.32 Å². The Balaban J connectivity index is 2.40. The van der Waals surface area contributed by atoms with E-state index in [1.54, 1.807) is 12.1 Å². The summed E-state index contributed by atoms with van der Waals surface area (Å²) in [5, 5.41) is 24.6. The van der Waals surface area contributed by atoms with E-state index in [1.807, 2.05) is 20.1 Å². The molecule has 2 aromatic rings. The number of nitrogens with zero attached hydrogens (tertiary/aromatic N) is 2. The predicted octanol–water partition coefficient (Wildman–Crippen LogP) is 3.04. The van der Waals surface area contributed by atoms with E-state index in [9.17, 15) is 15.2 Å². The van der Waals surface area contributed by atoms with Crippen molar-refractivity contribution in [2.45, 2.75) is 25.1 Å². The van der Waals surface area contributed by atoms with E-state index in [2.05, 4.69) is 10.3 Å². The summed E-state index contributed by atoms with van der Waals surface area (Å²) in [5.74, 6) is 0. The zero-order chi connectivity index (χ0) is 15.6. The summed E-state index contributed by atoms with van der Waals surface area (Å²) in [6, 6.07) is 3.17. The van der Waals surface area contributed by atoms with Gasteiger partial charge in [-0.3, -0.25) is 10.1 Å². The summed E-state index contributed by atoms with van der Waals surface area (Å²) < 4.78 is 0.806. The Morgan fingerprint density at radius 1 is 1.57 bits per heavy atom. The smallest absolute Gasteiger partial charge is 0.293 e. The Kier molecular flexibility index (Phi) is 5.02. The van der Waals surface area contributed by atoms with Crippen LogP contribution in [0.25, 0.3) is 10.2 Å². The maximum absolute atomic E-state index is 11.3. The van der Waals surface area contributed by atoms with Crippen LogP contribution in [0.1, 0.15) is 11.9 Å². The van der Waals surface area contributed by atoms with Crippen molar-refractivity contribution in [3.63, 3.8) is 0 Å². The molecule has 2 N–H and O–H groups in total. The molecule has 2 atom stereocenters. The normalized spacial score (nSPS) is 14.1. The van der Waals surface area contributed by atoms with Crippen LogP contribution in [0.3, 0.4) is 0 Å². The number of nitrogens with one attached hydrogen (secondary N) is 1. The SMILES string of the molecule is CSC(CO)C(C)Nc1cc2nc(C)sc2cc1[N+](=O)[O-]. The monoisotopic (exact) mass is 327 g/mol. The lowest BCUT2D eigenvalue weighted by Gasteiger charge is -2.22. The molecule has 0 saturated heterocycles. The molecule has 6 nitrogen and oxygen atoms in total. The van der Waals surface area contributed by atoms with Crippen LogP contribution in [-0.4, -0.2) is 39.2 Å². The van der Waals surface area contributed by atoms with E-state index in [0.29, 0.717) is 5.69 Å². The molecule has 21 heavy (non-hydrogen) atoms. The number of aliphatic hydroxyl groups is 1. The minimum absolute atomic E-state index is 0.0151. The summed E-state index contributed by atoms with van der Waals surface area (Å²) in [6.45, 7) is 3.79. The molecule has 0 bridgehead atoms. The van der Waals surface area contributed by atoms with Crippen molar-refractivity contribution in [3.8, 4) is 0 Å². The zero-order valence-electron chi connectivity index (χ0n) is 12.0. The molecular weight excluding hydrogens is 310 g/mol. The van der Waals surface area contributed by atoms with Gasteiger partial charge in [-0.1, -0.05) is 0 Å². The van der Waals surface area contributed by atoms with E-state index >= 15 is 0 Å². The number of anilines is 1. The zero-order valence-corrected chi connectivity index (χ0v) is 13.6. The van der Waals surface area contributed by atoms with Crippen LogP contribution in [0.5, 0.6) is 0 Å². The van der Waals surface area contributed by atoms with Crippen LogP contribution >= 0.6 is 23.1 Å². The Bertz CT molecular complexity index is 655. The van der Waals surface area contributed by atoms with Crippen molar-refractivity contribution < 1.29 is 10.0 Å². The minimum atomic E-state index is -0.392. The number of nitro benzene ring substituents is 1. The summed E-state index contributed by atoms with van der Waals surface area (Å²) in [4.78, 5) is 15.2. The van der Waals surface area contributed by atoms with Gasteiger partial charge in [-0.2, -0.15) is 11.8 Å². The van der Waals surface area contributed by atoms with Crippen molar-refractivity contribution >= 4 is 44.7 Å². The Hall–Kier alpha value is -1.38. The quantitative estimate of drug-likeness (QED) is 0.626. The lowest BCUT2D eigenvalue weighted by atomic mass is 10.2. The molecule has 0 fully saturated rings. The average Bonchev–Trinajstić information content (AvgIpc) is 2.78. The first-order valence-electron chi connectivity index (χ1n) is 6.42. The van der Waals surface area contributed by atoms with E-state index in [0.717, 1.165) is 15.2 Å². The molecule has 1 aromatic carbocycles. The van der Waals surface area contributed by atoms with E-state index < -0.39 is 4.92 Å². The number of fused-ring (bicyclic) bond motifs is 1.